The number of rotatable bonds is 10. The van der Waals surface area contributed by atoms with Crippen molar-refractivity contribution < 1.29 is 18.3 Å². The molecule has 2 aromatic rings. The Balaban J connectivity index is 1.81. The molecule has 0 radical (unpaired) electrons. The van der Waals surface area contributed by atoms with E-state index in [9.17, 15) is 13.6 Å². The fourth-order valence-corrected chi connectivity index (χ4v) is 2.69. The number of guanidine groups is 1. The Labute approximate surface area is 168 Å². The van der Waals surface area contributed by atoms with E-state index in [0.29, 0.717) is 30.4 Å². The summed E-state index contributed by atoms with van der Waals surface area (Å²) in [5.74, 6) is 1.16. The largest absolute Gasteiger partial charge is 0.497 e. The van der Waals surface area contributed by atoms with E-state index in [4.69, 9.17) is 4.74 Å². The number of nitrogens with zero attached hydrogens (tertiary/aromatic N) is 2. The highest BCUT2D eigenvalue weighted by molar-refractivity contribution is 5.79. The summed E-state index contributed by atoms with van der Waals surface area (Å²) in [5.41, 5.74) is 0.508. The summed E-state index contributed by atoms with van der Waals surface area (Å²) in [6.45, 7) is -1.37. The molecule has 158 valence electrons. The van der Waals surface area contributed by atoms with Crippen molar-refractivity contribution >= 4 is 5.96 Å². The molecule has 0 amide bonds. The average Bonchev–Trinajstić information content (AvgIpc) is 2.71. The van der Waals surface area contributed by atoms with Crippen LogP contribution in [0.1, 0.15) is 18.4 Å². The molecule has 0 spiro atoms. The maximum Gasteiger partial charge on any atom is 0.387 e. The number of methoxy groups -OCH3 is 1. The van der Waals surface area contributed by atoms with Gasteiger partial charge in [0.05, 0.1) is 7.11 Å². The van der Waals surface area contributed by atoms with Crippen molar-refractivity contribution in [1.82, 2.24) is 15.2 Å². The minimum atomic E-state index is -2.91. The van der Waals surface area contributed by atoms with Gasteiger partial charge in [0.25, 0.3) is 0 Å². The lowest BCUT2D eigenvalue weighted by atomic mass is 10.2. The van der Waals surface area contributed by atoms with Crippen LogP contribution in [0.5, 0.6) is 11.5 Å². The Hall–Kier alpha value is -3.10. The first kappa shape index (κ1) is 22.2. The van der Waals surface area contributed by atoms with Crippen molar-refractivity contribution in [3.05, 3.63) is 58.5 Å². The van der Waals surface area contributed by atoms with Gasteiger partial charge in [-0.2, -0.15) is 8.78 Å². The number of pyridine rings is 1. The normalized spacial score (nSPS) is 11.4. The monoisotopic (exact) mass is 408 g/mol. The zero-order valence-corrected chi connectivity index (χ0v) is 16.5. The Morgan fingerprint density at radius 3 is 2.72 bits per heavy atom. The van der Waals surface area contributed by atoms with Crippen LogP contribution in [0.15, 0.2) is 52.4 Å². The Morgan fingerprint density at radius 1 is 1.21 bits per heavy atom. The Bertz CT molecular complexity index is 856. The van der Waals surface area contributed by atoms with Crippen molar-refractivity contribution in [2.45, 2.75) is 32.5 Å². The first-order valence-electron chi connectivity index (χ1n) is 9.25. The van der Waals surface area contributed by atoms with Crippen molar-refractivity contribution in [3.63, 3.8) is 0 Å². The number of alkyl halides is 2. The fraction of sp³-hybridized carbons (Fsp3) is 0.400. The van der Waals surface area contributed by atoms with Gasteiger partial charge in [-0.15, -0.1) is 0 Å². The lowest BCUT2D eigenvalue weighted by molar-refractivity contribution is -0.0504. The zero-order chi connectivity index (χ0) is 21.1. The summed E-state index contributed by atoms with van der Waals surface area (Å²) < 4.78 is 36.6. The van der Waals surface area contributed by atoms with Gasteiger partial charge in [0.15, 0.2) is 5.96 Å². The van der Waals surface area contributed by atoms with Gasteiger partial charge in [0, 0.05) is 44.5 Å². The quantitative estimate of drug-likeness (QED) is 0.359. The molecule has 0 aliphatic carbocycles. The number of aromatic nitrogens is 1. The van der Waals surface area contributed by atoms with E-state index in [0.717, 1.165) is 12.8 Å². The molecule has 1 aromatic carbocycles. The molecule has 7 nitrogen and oxygen atoms in total. The molecule has 0 atom stereocenters. The van der Waals surface area contributed by atoms with E-state index in [1.54, 1.807) is 36.0 Å². The fourth-order valence-electron chi connectivity index (χ4n) is 2.69. The molecule has 0 saturated heterocycles. The van der Waals surface area contributed by atoms with Gasteiger partial charge in [-0.25, -0.2) is 0 Å². The van der Waals surface area contributed by atoms with E-state index in [-0.39, 0.29) is 17.9 Å². The highest BCUT2D eigenvalue weighted by Crippen LogP contribution is 2.25. The number of halogens is 2. The summed E-state index contributed by atoms with van der Waals surface area (Å²) in [6, 6.07) is 9.73. The predicted octanol–water partition coefficient (Wildman–Crippen LogP) is 2.60. The zero-order valence-electron chi connectivity index (χ0n) is 16.5. The number of nitrogens with one attached hydrogen (secondary N) is 2. The summed E-state index contributed by atoms with van der Waals surface area (Å²) in [5, 5.41) is 6.23. The van der Waals surface area contributed by atoms with E-state index in [2.05, 4.69) is 20.4 Å². The smallest absolute Gasteiger partial charge is 0.387 e. The van der Waals surface area contributed by atoms with Crippen LogP contribution in [0.25, 0.3) is 0 Å². The number of hydrogen-bond donors (Lipinski definition) is 2. The summed E-state index contributed by atoms with van der Waals surface area (Å²) in [4.78, 5) is 15.8. The molecule has 29 heavy (non-hydrogen) atoms. The minimum absolute atomic E-state index is 0.0157. The maximum atomic E-state index is 12.6. The number of hydrogen-bond acceptors (Lipinski definition) is 4. The van der Waals surface area contributed by atoms with Crippen LogP contribution in [0, 0.1) is 0 Å². The third-order valence-corrected chi connectivity index (χ3v) is 4.17. The van der Waals surface area contributed by atoms with E-state index in [1.165, 1.54) is 19.2 Å². The van der Waals surface area contributed by atoms with Crippen LogP contribution < -0.4 is 25.7 Å². The molecule has 2 N–H and O–H groups in total. The number of unbranched alkanes of at least 4 members (excludes halogenated alkanes) is 1. The van der Waals surface area contributed by atoms with Crippen molar-refractivity contribution in [2.24, 2.45) is 4.99 Å². The highest BCUT2D eigenvalue weighted by Gasteiger charge is 2.11. The second-order valence-corrected chi connectivity index (χ2v) is 6.14. The second kappa shape index (κ2) is 11.7. The van der Waals surface area contributed by atoms with Gasteiger partial charge in [-0.05, 0) is 37.1 Å². The van der Waals surface area contributed by atoms with E-state index < -0.39 is 6.61 Å². The molecule has 0 saturated carbocycles. The molecule has 0 aliphatic heterocycles. The third-order valence-electron chi connectivity index (χ3n) is 4.17. The second-order valence-electron chi connectivity index (χ2n) is 6.14. The van der Waals surface area contributed by atoms with Crippen LogP contribution in [0.3, 0.4) is 0 Å². The number of benzene rings is 1. The van der Waals surface area contributed by atoms with Crippen LogP contribution in [-0.2, 0) is 13.1 Å². The van der Waals surface area contributed by atoms with Gasteiger partial charge in [0.2, 0.25) is 5.56 Å². The molecule has 1 heterocycles. The molecule has 0 bridgehead atoms. The van der Waals surface area contributed by atoms with Gasteiger partial charge in [-0.3, -0.25) is 9.79 Å². The summed E-state index contributed by atoms with van der Waals surface area (Å²) in [7, 11) is 3.13. The number of ether oxygens (including phenoxy) is 2. The molecule has 0 aliphatic rings. The van der Waals surface area contributed by atoms with Crippen molar-refractivity contribution in [3.8, 4) is 11.5 Å². The van der Waals surface area contributed by atoms with Gasteiger partial charge in [0.1, 0.15) is 11.5 Å². The summed E-state index contributed by atoms with van der Waals surface area (Å²) in [6.07, 6.45) is 3.43. The molecule has 2 rings (SSSR count). The molecular formula is C20H26F2N4O3. The first-order valence-corrected chi connectivity index (χ1v) is 9.25. The maximum absolute atomic E-state index is 12.6. The van der Waals surface area contributed by atoms with Gasteiger partial charge < -0.3 is 24.7 Å². The highest BCUT2D eigenvalue weighted by atomic mass is 19.3. The predicted molar refractivity (Wildman–Crippen MR) is 108 cm³/mol. The van der Waals surface area contributed by atoms with E-state index >= 15 is 0 Å². The van der Waals surface area contributed by atoms with Crippen molar-refractivity contribution in [1.29, 1.82) is 0 Å². The lowest BCUT2D eigenvalue weighted by Crippen LogP contribution is -2.37. The Kier molecular flexibility index (Phi) is 8.94. The molecule has 0 fully saturated rings. The van der Waals surface area contributed by atoms with Crippen LogP contribution in [0.2, 0.25) is 0 Å². The number of aliphatic imine (C=N–C) groups is 1. The SMILES string of the molecule is CN=C(NCCCCn1ccccc1=O)NCc1cc(OC)ccc1OC(F)F. The van der Waals surface area contributed by atoms with Crippen LogP contribution >= 0.6 is 0 Å². The number of aryl methyl sites for hydroxylation is 1. The standard InChI is InChI=1S/C20H26F2N4O3/c1-23-20(24-10-4-6-12-26-11-5-3-7-18(26)27)25-14-15-13-16(28-2)8-9-17(15)29-19(21)22/h3,5,7-9,11,13,19H,4,6,10,12,14H2,1-2H3,(H2,23,24,25). The molecule has 1 aromatic heterocycles. The van der Waals surface area contributed by atoms with Crippen molar-refractivity contribution in [2.75, 3.05) is 20.7 Å². The van der Waals surface area contributed by atoms with Gasteiger partial charge >= 0.3 is 6.61 Å². The topological polar surface area (TPSA) is 76.9 Å². The average molecular weight is 408 g/mol. The molecular weight excluding hydrogens is 382 g/mol. The third kappa shape index (κ3) is 7.44. The molecule has 9 heteroatoms. The Morgan fingerprint density at radius 2 is 2.03 bits per heavy atom. The minimum Gasteiger partial charge on any atom is -0.497 e. The van der Waals surface area contributed by atoms with Crippen LogP contribution in [0.4, 0.5) is 8.78 Å². The lowest BCUT2D eigenvalue weighted by Gasteiger charge is -2.15. The van der Waals surface area contributed by atoms with E-state index in [1.807, 2.05) is 6.07 Å². The first-order chi connectivity index (χ1) is 14.0. The molecule has 0 unspecified atom stereocenters. The van der Waals surface area contributed by atoms with Gasteiger partial charge in [-0.1, -0.05) is 6.07 Å². The van der Waals surface area contributed by atoms with Crippen LogP contribution in [-0.4, -0.2) is 37.8 Å². The summed E-state index contributed by atoms with van der Waals surface area (Å²) >= 11 is 0.